The number of benzene rings is 7. The number of hydrogen-bond donors (Lipinski definition) is 1. The third-order valence-electron chi connectivity index (χ3n) is 10.3. The number of aromatic hydroxyl groups is 1. The van der Waals surface area contributed by atoms with Crippen LogP contribution in [0, 0.1) is 49.4 Å². The fourth-order valence-corrected chi connectivity index (χ4v) is 13.8. The second-order valence-electron chi connectivity index (χ2n) is 14.0. The molecular formula is C52H40EuF2O6P2S. The number of allylic oxidation sites excluding steroid dienone is 3. The summed E-state index contributed by atoms with van der Waals surface area (Å²) in [6.45, 7) is 5.71. The summed E-state index contributed by atoms with van der Waals surface area (Å²) in [5, 5.41) is 17.1. The minimum absolute atomic E-state index is 0. The van der Waals surface area contributed by atoms with Crippen molar-refractivity contribution in [1.29, 1.82) is 0 Å². The van der Waals surface area contributed by atoms with E-state index in [1.807, 2.05) is 189 Å². The molecule has 9 aromatic rings. The molecule has 0 aliphatic carbocycles. The van der Waals surface area contributed by atoms with Gasteiger partial charge in [-0.1, -0.05) is 195 Å². The van der Waals surface area contributed by atoms with Crippen LogP contribution in [0.3, 0.4) is 0 Å². The monoisotopic (exact) mass is 1050 g/mol. The molecule has 0 saturated heterocycles. The summed E-state index contributed by atoms with van der Waals surface area (Å²) >= 11 is 1.35. The smallest absolute Gasteiger partial charge is 0.351 e. The van der Waals surface area contributed by atoms with E-state index in [1.165, 1.54) is 17.4 Å². The van der Waals surface area contributed by atoms with Crippen LogP contribution in [-0.2, 0) is 9.13 Å². The quantitative estimate of drug-likeness (QED) is 0.0669. The van der Waals surface area contributed by atoms with Crippen LogP contribution in [0.4, 0.5) is 8.78 Å². The van der Waals surface area contributed by atoms with Crippen molar-refractivity contribution in [3.63, 3.8) is 0 Å². The normalized spacial score (nSPS) is 11.5. The molecule has 0 aliphatic rings. The maximum Gasteiger partial charge on any atom is 0.351 e. The molecule has 1 radical (unpaired) electrons. The molecule has 0 atom stereocenters. The van der Waals surface area contributed by atoms with E-state index >= 15 is 0 Å². The number of carbonyl (C=O) groups is 1. The predicted molar refractivity (Wildman–Crippen MR) is 257 cm³/mol. The first kappa shape index (κ1) is 48.3. The summed E-state index contributed by atoms with van der Waals surface area (Å²) in [6, 6.07) is 59.1. The Bertz CT molecular complexity index is 3090. The molecule has 6 nitrogen and oxygen atoms in total. The number of hydrogen-bond acceptors (Lipinski definition) is 7. The van der Waals surface area contributed by atoms with Crippen molar-refractivity contribution in [3.8, 4) is 5.75 Å². The number of carbonyl (C=O) groups excluding carboxylic acids is 1. The van der Waals surface area contributed by atoms with Gasteiger partial charge >= 0.3 is 12.1 Å². The van der Waals surface area contributed by atoms with Gasteiger partial charge in [-0.25, -0.2) is 13.6 Å². The van der Waals surface area contributed by atoms with Gasteiger partial charge in [0.05, 0.1) is 10.1 Å². The maximum absolute atomic E-state index is 13.8. The van der Waals surface area contributed by atoms with Gasteiger partial charge in [0.25, 0.3) is 0 Å². The Morgan fingerprint density at radius 3 is 1.45 bits per heavy atom. The van der Waals surface area contributed by atoms with Crippen molar-refractivity contribution < 1.29 is 81.6 Å². The van der Waals surface area contributed by atoms with Crippen molar-refractivity contribution in [3.05, 3.63) is 228 Å². The van der Waals surface area contributed by atoms with Gasteiger partial charge < -0.3 is 18.7 Å². The SMILES string of the molecule is C=C/C(=C\C)P(=O)(c1ccccc1)c1ccccc1.O=C(c1c(O)c2ccc3c4ccccc4sc3c2oc1=O)C(F)F.O=P(c1ccccc1)(c1ccccc1)c1ccccc1.[Eu]. The molecule has 9 rings (SSSR count). The minimum Gasteiger partial charge on any atom is -0.506 e. The van der Waals surface area contributed by atoms with E-state index in [4.69, 9.17) is 4.42 Å². The molecule has 321 valence electrons. The van der Waals surface area contributed by atoms with Gasteiger partial charge in [0.2, 0.25) is 5.78 Å². The number of rotatable bonds is 9. The number of thiophene rings is 1. The number of ketones is 1. The zero-order valence-electron chi connectivity index (χ0n) is 34.3. The molecular weight excluding hydrogens is 1000 g/mol. The van der Waals surface area contributed by atoms with E-state index in [0.29, 0.717) is 4.70 Å². The van der Waals surface area contributed by atoms with Gasteiger partial charge in [-0.05, 0) is 19.1 Å². The molecule has 7 aromatic carbocycles. The summed E-state index contributed by atoms with van der Waals surface area (Å²) in [5.41, 5.74) is -2.20. The Morgan fingerprint density at radius 1 is 0.625 bits per heavy atom. The first-order valence-electron chi connectivity index (χ1n) is 19.7. The zero-order valence-corrected chi connectivity index (χ0v) is 39.3. The first-order chi connectivity index (χ1) is 30.5. The Kier molecular flexibility index (Phi) is 16.3. The van der Waals surface area contributed by atoms with Gasteiger partial charge in [-0.3, -0.25) is 4.79 Å². The molecule has 2 heterocycles. The molecule has 0 amide bonds. The average molecular weight is 1040 g/mol. The second kappa shape index (κ2) is 21.7. The number of alkyl halides is 2. The topological polar surface area (TPSA) is 102 Å². The van der Waals surface area contributed by atoms with Gasteiger partial charge in [-0.15, -0.1) is 11.3 Å². The van der Waals surface area contributed by atoms with E-state index < -0.39 is 43.4 Å². The molecule has 0 aliphatic heterocycles. The molecule has 1 N–H and O–H groups in total. The van der Waals surface area contributed by atoms with Gasteiger partial charge in [0.15, 0.2) is 25.4 Å². The average Bonchev–Trinajstić information content (AvgIpc) is 3.73. The van der Waals surface area contributed by atoms with Crippen molar-refractivity contribution in [2.45, 2.75) is 13.3 Å². The Hall–Kier alpha value is -5.18. The Balaban J connectivity index is 0.000000160. The summed E-state index contributed by atoms with van der Waals surface area (Å²) in [6.07, 6.45) is 0.179. The number of fused-ring (bicyclic) bond motifs is 5. The second-order valence-corrected chi connectivity index (χ2v) is 20.6. The van der Waals surface area contributed by atoms with Gasteiger partial charge in [0, 0.05) is 96.7 Å². The largest absolute Gasteiger partial charge is 0.506 e. The van der Waals surface area contributed by atoms with Crippen LogP contribution in [0.1, 0.15) is 17.3 Å². The summed E-state index contributed by atoms with van der Waals surface area (Å²) in [5.74, 6) is -2.52. The summed E-state index contributed by atoms with van der Waals surface area (Å²) < 4.78 is 59.4. The van der Waals surface area contributed by atoms with Crippen LogP contribution >= 0.6 is 25.6 Å². The van der Waals surface area contributed by atoms with E-state index in [2.05, 4.69) is 6.58 Å². The van der Waals surface area contributed by atoms with Crippen molar-refractivity contribution in [2.75, 3.05) is 0 Å². The van der Waals surface area contributed by atoms with Gasteiger partial charge in [0.1, 0.15) is 5.75 Å². The molecule has 2 aromatic heterocycles. The molecule has 0 unspecified atom stereocenters. The van der Waals surface area contributed by atoms with Crippen molar-refractivity contribution in [2.24, 2.45) is 0 Å². The fourth-order valence-electron chi connectivity index (χ4n) is 7.27. The standard InChI is InChI=1S/C18H15OP.C17H8F2O4S.C17H17OP.Eu/c19-20(16-10-4-1-5-11-16,17-12-6-2-7-13-17)18-14-8-3-9-15-18;18-16(19)13(21)11-12(20)9-6-5-8-7-3-1-2-4-10(7)24-15(8)14(9)23-17(11)22;1-3-15(4-2)19(18,16-11-7-5-8-12-16)17-13-9-6-10-14-17;/h1-15H;1-6,16,20H;3-14H,1H2,2H3;/b;;15-4+;. The van der Waals surface area contributed by atoms with Gasteiger partial charge in [-0.2, -0.15) is 0 Å². The summed E-state index contributed by atoms with van der Waals surface area (Å²) in [4.78, 5) is 23.4. The molecule has 0 fully saturated rings. The molecule has 64 heavy (non-hydrogen) atoms. The predicted octanol–water partition coefficient (Wildman–Crippen LogP) is 11.7. The molecule has 12 heteroatoms. The van der Waals surface area contributed by atoms with E-state index in [-0.39, 0.29) is 60.3 Å². The van der Waals surface area contributed by atoms with Crippen LogP contribution < -0.4 is 32.1 Å². The van der Waals surface area contributed by atoms with Crippen molar-refractivity contribution in [1.82, 2.24) is 0 Å². The minimum atomic E-state index is -3.40. The van der Waals surface area contributed by atoms with E-state index in [1.54, 1.807) is 12.1 Å². The maximum atomic E-state index is 13.8. The third kappa shape index (κ3) is 9.74. The Morgan fingerprint density at radius 2 is 1.03 bits per heavy atom. The Labute approximate surface area is 413 Å². The van der Waals surface area contributed by atoms with Crippen LogP contribution in [0.25, 0.3) is 31.1 Å². The molecule has 0 saturated carbocycles. The van der Waals surface area contributed by atoms with Crippen LogP contribution in [-0.4, -0.2) is 17.3 Å². The van der Waals surface area contributed by atoms with Crippen LogP contribution in [0.2, 0.25) is 0 Å². The number of halogens is 2. The van der Waals surface area contributed by atoms with Crippen LogP contribution in [0.5, 0.6) is 5.75 Å². The zero-order chi connectivity index (χ0) is 44.6. The number of Topliss-reactive ketones (excluding diaryl/α,β-unsaturated/α-hetero) is 1. The van der Waals surface area contributed by atoms with E-state index in [9.17, 15) is 32.6 Å². The van der Waals surface area contributed by atoms with E-state index in [0.717, 1.165) is 47.3 Å². The third-order valence-corrected chi connectivity index (χ3v) is 17.8. The molecule has 0 bridgehead atoms. The summed E-state index contributed by atoms with van der Waals surface area (Å²) in [7, 11) is -5.57. The van der Waals surface area contributed by atoms with Crippen molar-refractivity contribution >= 4 is 89.1 Å². The fraction of sp³-hybridized carbons (Fsp3) is 0.0385. The first-order valence-corrected chi connectivity index (χ1v) is 24.0. The van der Waals surface area contributed by atoms with Crippen LogP contribution in [0.15, 0.2) is 221 Å². The molecule has 0 spiro atoms.